The average molecular weight is 337 g/mol. The largest absolute Gasteiger partial charge is 0.457 e. The van der Waals surface area contributed by atoms with Crippen LogP contribution >= 0.6 is 0 Å². The first-order chi connectivity index (χ1) is 11.3. The summed E-state index contributed by atoms with van der Waals surface area (Å²) in [7, 11) is 0. The van der Waals surface area contributed by atoms with Gasteiger partial charge in [-0.3, -0.25) is 0 Å². The molecule has 1 atom stereocenters. The number of benzene rings is 2. The van der Waals surface area contributed by atoms with E-state index in [1.54, 1.807) is 6.07 Å². The van der Waals surface area contributed by atoms with Crippen molar-refractivity contribution in [2.24, 2.45) is 5.16 Å². The Morgan fingerprint density at radius 2 is 1.92 bits per heavy atom. The maximum absolute atomic E-state index is 12.8. The van der Waals surface area contributed by atoms with E-state index >= 15 is 0 Å². The van der Waals surface area contributed by atoms with Gasteiger partial charge in [0.2, 0.25) is 0 Å². The van der Waals surface area contributed by atoms with Crippen LogP contribution in [0, 0.1) is 6.92 Å². The van der Waals surface area contributed by atoms with E-state index in [4.69, 9.17) is 9.57 Å². The highest BCUT2D eigenvalue weighted by Crippen LogP contribution is 2.34. The van der Waals surface area contributed by atoms with E-state index in [-0.39, 0.29) is 11.9 Å². The number of rotatable bonds is 6. The minimum Gasteiger partial charge on any atom is -0.457 e. The smallest absolute Gasteiger partial charge is 0.416 e. The summed E-state index contributed by atoms with van der Waals surface area (Å²) in [6, 6.07) is 10.2. The number of oxime groups is 1. The Balaban J connectivity index is 2.31. The molecule has 0 aliphatic rings. The number of hydrogen-bond acceptors (Lipinski definition) is 3. The molecule has 24 heavy (non-hydrogen) atoms. The molecule has 0 aromatic heterocycles. The van der Waals surface area contributed by atoms with Crippen LogP contribution in [0.15, 0.2) is 47.6 Å². The van der Waals surface area contributed by atoms with Crippen LogP contribution in [0.4, 0.5) is 13.2 Å². The van der Waals surface area contributed by atoms with Gasteiger partial charge in [0.25, 0.3) is 0 Å². The van der Waals surface area contributed by atoms with Gasteiger partial charge in [-0.2, -0.15) is 13.2 Å². The summed E-state index contributed by atoms with van der Waals surface area (Å²) >= 11 is 0. The minimum absolute atomic E-state index is 0.126. The second-order valence-electron chi connectivity index (χ2n) is 5.28. The van der Waals surface area contributed by atoms with Crippen LogP contribution in [0.2, 0.25) is 0 Å². The zero-order valence-corrected chi connectivity index (χ0v) is 13.4. The van der Waals surface area contributed by atoms with E-state index < -0.39 is 11.7 Å². The van der Waals surface area contributed by atoms with E-state index in [2.05, 4.69) is 11.9 Å². The second kappa shape index (κ2) is 7.38. The Morgan fingerprint density at radius 3 is 2.54 bits per heavy atom. The zero-order valence-electron chi connectivity index (χ0n) is 13.4. The molecule has 0 saturated carbocycles. The predicted octanol–water partition coefficient (Wildman–Crippen LogP) is 5.89. The maximum atomic E-state index is 12.8. The lowest BCUT2D eigenvalue weighted by atomic mass is 10.0. The SMILES string of the molecule is C=NOC(CC)c1ccc(C)c(Oc2cccc(C(F)(F)F)c2)c1. The number of hydrogen-bond donors (Lipinski definition) is 0. The van der Waals surface area contributed by atoms with Crippen molar-refractivity contribution < 1.29 is 22.7 Å². The minimum atomic E-state index is -4.41. The van der Waals surface area contributed by atoms with Crippen molar-refractivity contribution >= 4 is 6.72 Å². The second-order valence-corrected chi connectivity index (χ2v) is 5.28. The molecule has 0 N–H and O–H groups in total. The predicted molar refractivity (Wildman–Crippen MR) is 86.4 cm³/mol. The maximum Gasteiger partial charge on any atom is 0.416 e. The van der Waals surface area contributed by atoms with Gasteiger partial charge < -0.3 is 9.57 Å². The fourth-order valence-electron chi connectivity index (χ4n) is 2.25. The quantitative estimate of drug-likeness (QED) is 0.486. The Hall–Kier alpha value is -2.50. The summed E-state index contributed by atoms with van der Waals surface area (Å²) in [4.78, 5) is 5.20. The van der Waals surface area contributed by atoms with Gasteiger partial charge in [0.1, 0.15) is 11.5 Å². The standard InChI is InChI=1S/C18H18F3NO2/c1-4-16(24-22-3)13-9-8-12(2)17(10-13)23-15-7-5-6-14(11-15)18(19,20)21/h5-11,16H,3-4H2,1-2H3. The molecular weight excluding hydrogens is 319 g/mol. The van der Waals surface area contributed by atoms with Crippen molar-refractivity contribution in [2.45, 2.75) is 32.5 Å². The molecule has 0 radical (unpaired) electrons. The van der Waals surface area contributed by atoms with Crippen LogP contribution in [0.25, 0.3) is 0 Å². The van der Waals surface area contributed by atoms with Crippen LogP contribution in [0.1, 0.15) is 36.1 Å². The molecule has 0 spiro atoms. The molecule has 0 aliphatic carbocycles. The summed E-state index contributed by atoms with van der Waals surface area (Å²) < 4.78 is 44.1. The molecule has 0 saturated heterocycles. The van der Waals surface area contributed by atoms with Crippen molar-refractivity contribution in [1.29, 1.82) is 0 Å². The fourth-order valence-corrected chi connectivity index (χ4v) is 2.25. The molecule has 0 aliphatic heterocycles. The molecule has 2 aromatic carbocycles. The van der Waals surface area contributed by atoms with Crippen molar-refractivity contribution in [2.75, 3.05) is 0 Å². The highest BCUT2D eigenvalue weighted by Gasteiger charge is 2.30. The van der Waals surface area contributed by atoms with Crippen molar-refractivity contribution in [3.05, 3.63) is 59.2 Å². The first kappa shape index (κ1) is 17.8. The summed E-state index contributed by atoms with van der Waals surface area (Å²) in [5.74, 6) is 0.596. The van der Waals surface area contributed by atoms with Crippen LogP contribution in [0.3, 0.4) is 0 Å². The molecule has 6 heteroatoms. The number of aryl methyl sites for hydroxylation is 1. The van der Waals surface area contributed by atoms with Crippen molar-refractivity contribution in [1.82, 2.24) is 0 Å². The summed E-state index contributed by atoms with van der Waals surface area (Å²) in [6.07, 6.45) is -4.02. The van der Waals surface area contributed by atoms with Gasteiger partial charge in [-0.25, -0.2) is 0 Å². The number of halogens is 3. The van der Waals surface area contributed by atoms with E-state index in [0.717, 1.165) is 23.3 Å². The van der Waals surface area contributed by atoms with E-state index in [9.17, 15) is 13.2 Å². The monoisotopic (exact) mass is 337 g/mol. The Kier molecular flexibility index (Phi) is 5.49. The molecule has 0 fully saturated rings. The average Bonchev–Trinajstić information content (AvgIpc) is 2.54. The first-order valence-corrected chi connectivity index (χ1v) is 7.42. The third-order valence-electron chi connectivity index (χ3n) is 3.55. The van der Waals surface area contributed by atoms with Crippen LogP contribution < -0.4 is 4.74 Å². The lowest BCUT2D eigenvalue weighted by molar-refractivity contribution is -0.137. The molecule has 2 rings (SSSR count). The lowest BCUT2D eigenvalue weighted by Gasteiger charge is -2.16. The van der Waals surface area contributed by atoms with Gasteiger partial charge in [-0.1, -0.05) is 25.1 Å². The summed E-state index contributed by atoms with van der Waals surface area (Å²) in [5.41, 5.74) is 0.870. The number of alkyl halides is 3. The highest BCUT2D eigenvalue weighted by atomic mass is 19.4. The first-order valence-electron chi connectivity index (χ1n) is 7.42. The van der Waals surface area contributed by atoms with Gasteiger partial charge in [0.05, 0.1) is 5.56 Å². The molecule has 0 heterocycles. The van der Waals surface area contributed by atoms with Crippen LogP contribution in [-0.2, 0) is 11.0 Å². The normalized spacial score (nSPS) is 12.5. The Morgan fingerprint density at radius 1 is 1.17 bits per heavy atom. The van der Waals surface area contributed by atoms with Gasteiger partial charge >= 0.3 is 6.18 Å². The van der Waals surface area contributed by atoms with Crippen molar-refractivity contribution in [3.63, 3.8) is 0 Å². The highest BCUT2D eigenvalue weighted by molar-refractivity contribution is 5.42. The van der Waals surface area contributed by atoms with E-state index in [1.165, 1.54) is 12.1 Å². The molecule has 3 nitrogen and oxygen atoms in total. The molecule has 2 aromatic rings. The van der Waals surface area contributed by atoms with Crippen LogP contribution in [-0.4, -0.2) is 6.72 Å². The number of ether oxygens (including phenoxy) is 1. The van der Waals surface area contributed by atoms with Gasteiger partial charge in [-0.15, -0.1) is 5.16 Å². The van der Waals surface area contributed by atoms with Gasteiger partial charge in [-0.05, 0) is 48.7 Å². The third-order valence-corrected chi connectivity index (χ3v) is 3.55. The molecule has 0 bridgehead atoms. The van der Waals surface area contributed by atoms with Gasteiger partial charge in [0.15, 0.2) is 6.10 Å². The van der Waals surface area contributed by atoms with Crippen LogP contribution in [0.5, 0.6) is 11.5 Å². The topological polar surface area (TPSA) is 30.8 Å². The summed E-state index contributed by atoms with van der Waals surface area (Å²) in [5, 5.41) is 3.44. The van der Waals surface area contributed by atoms with E-state index in [1.807, 2.05) is 26.0 Å². The lowest BCUT2D eigenvalue weighted by Crippen LogP contribution is -2.04. The van der Waals surface area contributed by atoms with Gasteiger partial charge in [0, 0.05) is 6.72 Å². The molecule has 1 unspecified atom stereocenters. The zero-order chi connectivity index (χ0) is 17.7. The Bertz CT molecular complexity index is 714. The Labute approximate surface area is 138 Å². The fraction of sp³-hybridized carbons (Fsp3) is 0.278. The summed E-state index contributed by atoms with van der Waals surface area (Å²) in [6.45, 7) is 7.06. The molecule has 128 valence electrons. The van der Waals surface area contributed by atoms with Crippen molar-refractivity contribution in [3.8, 4) is 11.5 Å². The molecule has 0 amide bonds. The third kappa shape index (κ3) is 4.28. The number of nitrogens with zero attached hydrogens (tertiary/aromatic N) is 1. The molecular formula is C18H18F3NO2. The van der Waals surface area contributed by atoms with E-state index in [0.29, 0.717) is 12.2 Å².